The third-order valence-corrected chi connectivity index (χ3v) is 6.24. The molecule has 0 saturated heterocycles. The SMILES string of the molecule is CCN(CC)C[C@H]1CN(C(=O)CC2Cc3ccccc3C2)Cc2cncn21. The van der Waals surface area contributed by atoms with Crippen molar-refractivity contribution in [3.05, 3.63) is 53.6 Å². The van der Waals surface area contributed by atoms with Gasteiger partial charge in [0.1, 0.15) is 0 Å². The van der Waals surface area contributed by atoms with Crippen molar-refractivity contribution in [3.63, 3.8) is 0 Å². The van der Waals surface area contributed by atoms with Gasteiger partial charge in [-0.2, -0.15) is 0 Å². The van der Waals surface area contributed by atoms with Gasteiger partial charge >= 0.3 is 0 Å². The maximum absolute atomic E-state index is 13.1. The van der Waals surface area contributed by atoms with Gasteiger partial charge in [0.2, 0.25) is 5.91 Å². The molecule has 0 spiro atoms. The number of hydrogen-bond donors (Lipinski definition) is 0. The summed E-state index contributed by atoms with van der Waals surface area (Å²) < 4.78 is 2.27. The highest BCUT2D eigenvalue weighted by Crippen LogP contribution is 2.30. The van der Waals surface area contributed by atoms with Crippen molar-refractivity contribution in [1.29, 1.82) is 0 Å². The first-order valence-corrected chi connectivity index (χ1v) is 10.3. The molecule has 0 fully saturated rings. The maximum atomic E-state index is 13.1. The molecule has 0 unspecified atom stereocenters. The molecule has 4 rings (SSSR count). The van der Waals surface area contributed by atoms with Crippen LogP contribution in [0, 0.1) is 5.92 Å². The summed E-state index contributed by atoms with van der Waals surface area (Å²) in [6, 6.07) is 8.92. The van der Waals surface area contributed by atoms with Crippen molar-refractivity contribution >= 4 is 5.91 Å². The van der Waals surface area contributed by atoms with E-state index >= 15 is 0 Å². The van der Waals surface area contributed by atoms with E-state index in [1.165, 1.54) is 11.1 Å². The van der Waals surface area contributed by atoms with E-state index in [1.54, 1.807) is 0 Å². The highest BCUT2D eigenvalue weighted by atomic mass is 16.2. The topological polar surface area (TPSA) is 41.4 Å². The molecule has 1 aliphatic carbocycles. The van der Waals surface area contributed by atoms with Gasteiger partial charge in [-0.1, -0.05) is 38.1 Å². The summed E-state index contributed by atoms with van der Waals surface area (Å²) in [6.45, 7) is 8.90. The predicted molar refractivity (Wildman–Crippen MR) is 106 cm³/mol. The van der Waals surface area contributed by atoms with E-state index in [1.807, 2.05) is 12.5 Å². The monoisotopic (exact) mass is 366 g/mol. The second kappa shape index (κ2) is 7.85. The smallest absolute Gasteiger partial charge is 0.223 e. The van der Waals surface area contributed by atoms with Crippen molar-refractivity contribution < 1.29 is 4.79 Å². The minimum atomic E-state index is 0.292. The number of imidazole rings is 1. The van der Waals surface area contributed by atoms with Crippen LogP contribution >= 0.6 is 0 Å². The average Bonchev–Trinajstić information content (AvgIpc) is 3.31. The van der Waals surface area contributed by atoms with Crippen LogP contribution in [0.3, 0.4) is 0 Å². The van der Waals surface area contributed by atoms with Crippen LogP contribution in [-0.2, 0) is 24.2 Å². The first-order chi connectivity index (χ1) is 13.2. The van der Waals surface area contributed by atoms with E-state index < -0.39 is 0 Å². The molecule has 0 N–H and O–H groups in total. The summed E-state index contributed by atoms with van der Waals surface area (Å²) in [7, 11) is 0. The Bertz CT molecular complexity index is 770. The maximum Gasteiger partial charge on any atom is 0.223 e. The van der Waals surface area contributed by atoms with Crippen LogP contribution < -0.4 is 0 Å². The van der Waals surface area contributed by atoms with E-state index in [0.717, 1.165) is 44.7 Å². The first-order valence-electron chi connectivity index (χ1n) is 10.3. The van der Waals surface area contributed by atoms with Crippen LogP contribution in [-0.4, -0.2) is 51.4 Å². The van der Waals surface area contributed by atoms with E-state index in [-0.39, 0.29) is 0 Å². The van der Waals surface area contributed by atoms with Crippen molar-refractivity contribution in [3.8, 4) is 0 Å². The molecule has 5 nitrogen and oxygen atoms in total. The molecule has 0 bridgehead atoms. The molecule has 2 aliphatic rings. The molecule has 0 saturated carbocycles. The van der Waals surface area contributed by atoms with Gasteiger partial charge in [-0.15, -0.1) is 0 Å². The molecule has 2 aromatic rings. The number of likely N-dealkylation sites (N-methyl/N-ethyl adjacent to an activating group) is 1. The molecule has 1 aromatic carbocycles. The first kappa shape index (κ1) is 18.2. The fourth-order valence-electron chi connectivity index (χ4n) is 4.67. The molecule has 2 heterocycles. The second-order valence-electron chi connectivity index (χ2n) is 7.95. The van der Waals surface area contributed by atoms with Gasteiger partial charge in [-0.25, -0.2) is 4.98 Å². The Morgan fingerprint density at radius 2 is 1.89 bits per heavy atom. The number of carbonyl (C=O) groups is 1. The quantitative estimate of drug-likeness (QED) is 0.789. The lowest BCUT2D eigenvalue weighted by Gasteiger charge is -2.37. The van der Waals surface area contributed by atoms with Gasteiger partial charge in [0.15, 0.2) is 0 Å². The number of amides is 1. The van der Waals surface area contributed by atoms with Crippen molar-refractivity contribution in [2.45, 2.75) is 45.7 Å². The summed E-state index contributed by atoms with van der Waals surface area (Å²) in [5.41, 5.74) is 4.00. The fraction of sp³-hybridized carbons (Fsp3) is 0.545. The van der Waals surface area contributed by atoms with Crippen molar-refractivity contribution in [1.82, 2.24) is 19.4 Å². The van der Waals surface area contributed by atoms with Crippen LogP contribution in [0.4, 0.5) is 0 Å². The molecule has 1 atom stereocenters. The second-order valence-corrected chi connectivity index (χ2v) is 7.95. The summed E-state index contributed by atoms with van der Waals surface area (Å²) in [4.78, 5) is 21.9. The van der Waals surface area contributed by atoms with Gasteiger partial charge in [-0.3, -0.25) is 4.79 Å². The summed E-state index contributed by atoms with van der Waals surface area (Å²) in [6.07, 6.45) is 6.58. The van der Waals surface area contributed by atoms with Gasteiger partial charge in [0.05, 0.1) is 24.6 Å². The number of fused-ring (bicyclic) bond motifs is 2. The highest BCUT2D eigenvalue weighted by Gasteiger charge is 2.31. The zero-order chi connectivity index (χ0) is 18.8. The van der Waals surface area contributed by atoms with Crippen LogP contribution in [0.2, 0.25) is 0 Å². The number of nitrogens with zero attached hydrogens (tertiary/aromatic N) is 4. The number of rotatable bonds is 6. The summed E-state index contributed by atoms with van der Waals surface area (Å²) >= 11 is 0. The summed E-state index contributed by atoms with van der Waals surface area (Å²) in [5.74, 6) is 0.743. The minimum Gasteiger partial charge on any atom is -0.335 e. The van der Waals surface area contributed by atoms with Crippen LogP contribution in [0.5, 0.6) is 0 Å². The van der Waals surface area contributed by atoms with E-state index in [9.17, 15) is 4.79 Å². The van der Waals surface area contributed by atoms with Crippen LogP contribution in [0.15, 0.2) is 36.8 Å². The molecule has 1 amide bonds. The van der Waals surface area contributed by atoms with E-state index in [4.69, 9.17) is 0 Å². The standard InChI is InChI=1S/C22H30N4O/c1-3-24(4-2)13-21-15-25(14-20-12-23-16-26(20)21)22(27)11-17-9-18-7-5-6-8-19(18)10-17/h5-8,12,16-17,21H,3-4,9-11,13-15H2,1-2H3/t21-/m0/s1. The Morgan fingerprint density at radius 3 is 2.56 bits per heavy atom. The number of aromatic nitrogens is 2. The predicted octanol–water partition coefficient (Wildman–Crippen LogP) is 2.91. The van der Waals surface area contributed by atoms with Gasteiger partial charge in [-0.05, 0) is 43.0 Å². The lowest BCUT2D eigenvalue weighted by molar-refractivity contribution is -0.134. The Balaban J connectivity index is 1.42. The molecule has 5 heteroatoms. The molecular formula is C22H30N4O. The summed E-state index contributed by atoms with van der Waals surface area (Å²) in [5, 5.41) is 0. The number of hydrogen-bond acceptors (Lipinski definition) is 3. The Morgan fingerprint density at radius 1 is 1.19 bits per heavy atom. The van der Waals surface area contributed by atoms with E-state index in [2.05, 4.69) is 57.5 Å². The zero-order valence-electron chi connectivity index (χ0n) is 16.5. The normalized spacial score (nSPS) is 19.4. The highest BCUT2D eigenvalue weighted by molar-refractivity contribution is 5.76. The number of benzene rings is 1. The molecule has 1 aromatic heterocycles. The lowest BCUT2D eigenvalue weighted by Crippen LogP contribution is -2.45. The third-order valence-electron chi connectivity index (χ3n) is 6.24. The largest absolute Gasteiger partial charge is 0.335 e. The van der Waals surface area contributed by atoms with Crippen LogP contribution in [0.25, 0.3) is 0 Å². The molecule has 144 valence electrons. The Labute approximate surface area is 162 Å². The van der Waals surface area contributed by atoms with E-state index in [0.29, 0.717) is 30.8 Å². The molecule has 0 radical (unpaired) electrons. The lowest BCUT2D eigenvalue weighted by atomic mass is 10.0. The van der Waals surface area contributed by atoms with Crippen molar-refractivity contribution in [2.24, 2.45) is 5.92 Å². The minimum absolute atomic E-state index is 0.292. The average molecular weight is 367 g/mol. The molecular weight excluding hydrogens is 336 g/mol. The Kier molecular flexibility index (Phi) is 5.30. The van der Waals surface area contributed by atoms with Crippen molar-refractivity contribution in [2.75, 3.05) is 26.2 Å². The van der Waals surface area contributed by atoms with Gasteiger partial charge in [0, 0.05) is 25.7 Å². The molecule has 1 aliphatic heterocycles. The van der Waals surface area contributed by atoms with Gasteiger partial charge < -0.3 is 14.4 Å². The third kappa shape index (κ3) is 3.79. The number of carbonyl (C=O) groups excluding carboxylic acids is 1. The van der Waals surface area contributed by atoms with Gasteiger partial charge in [0.25, 0.3) is 0 Å². The Hall–Kier alpha value is -2.14. The molecule has 27 heavy (non-hydrogen) atoms. The fourth-order valence-corrected chi connectivity index (χ4v) is 4.67. The zero-order valence-corrected chi connectivity index (χ0v) is 16.5. The van der Waals surface area contributed by atoms with Crippen LogP contribution in [0.1, 0.15) is 43.1 Å².